The molecule has 2 unspecified atom stereocenters. The second kappa shape index (κ2) is 10.5. The Bertz CT molecular complexity index is 909. The van der Waals surface area contributed by atoms with Gasteiger partial charge in [0.25, 0.3) is 0 Å². The molecule has 0 amide bonds. The highest BCUT2D eigenvalue weighted by atomic mass is 16.5. The molecule has 7 nitrogen and oxygen atoms in total. The number of methoxy groups -OCH3 is 1. The highest BCUT2D eigenvalue weighted by Crippen LogP contribution is 2.32. The topological polar surface area (TPSA) is 101 Å². The van der Waals surface area contributed by atoms with Gasteiger partial charge in [0.1, 0.15) is 11.9 Å². The Kier molecular flexibility index (Phi) is 7.76. The van der Waals surface area contributed by atoms with Gasteiger partial charge >= 0.3 is 5.97 Å². The van der Waals surface area contributed by atoms with Crippen LogP contribution in [0.2, 0.25) is 0 Å². The molecule has 1 aliphatic carbocycles. The predicted molar refractivity (Wildman–Crippen MR) is 123 cm³/mol. The van der Waals surface area contributed by atoms with Crippen LogP contribution in [0.5, 0.6) is 0 Å². The van der Waals surface area contributed by atoms with E-state index in [0.717, 1.165) is 48.2 Å². The van der Waals surface area contributed by atoms with Crippen molar-refractivity contribution in [1.82, 2.24) is 9.88 Å². The molecule has 31 heavy (non-hydrogen) atoms. The maximum atomic E-state index is 11.6. The van der Waals surface area contributed by atoms with E-state index >= 15 is 0 Å². The van der Waals surface area contributed by atoms with Crippen LogP contribution >= 0.6 is 0 Å². The van der Waals surface area contributed by atoms with Crippen LogP contribution in [0.3, 0.4) is 0 Å². The van der Waals surface area contributed by atoms with Gasteiger partial charge in [0.2, 0.25) is 0 Å². The standard InChI is InChI=1S/C24H32N4O3/c1-4-10-28(11-5-2)23(29)19-12-17-7-6-16(13-21(17)27-22(25)14-19)18-8-9-20(26-15-18)24(30)31-3/h6-9,12,15,21,23,29H,4-5,10-11,13-14H2,1-3H3,(H2,25,27). The lowest BCUT2D eigenvalue weighted by Gasteiger charge is -2.29. The zero-order valence-corrected chi connectivity index (χ0v) is 18.5. The number of hydrogen-bond acceptors (Lipinski definition) is 7. The van der Waals surface area contributed by atoms with Crippen LogP contribution in [0.4, 0.5) is 0 Å². The van der Waals surface area contributed by atoms with E-state index in [1.165, 1.54) is 7.11 Å². The first-order valence-electron chi connectivity index (χ1n) is 10.9. The van der Waals surface area contributed by atoms with Crippen molar-refractivity contribution in [2.24, 2.45) is 10.7 Å². The number of nitrogens with zero attached hydrogens (tertiary/aromatic N) is 3. The van der Waals surface area contributed by atoms with Gasteiger partial charge in [-0.15, -0.1) is 0 Å². The largest absolute Gasteiger partial charge is 0.464 e. The second-order valence-electron chi connectivity index (χ2n) is 7.93. The number of rotatable bonds is 8. The average Bonchev–Trinajstić information content (AvgIpc) is 2.95. The summed E-state index contributed by atoms with van der Waals surface area (Å²) in [4.78, 5) is 22.6. The summed E-state index contributed by atoms with van der Waals surface area (Å²) in [6.45, 7) is 5.91. The molecule has 0 saturated heterocycles. The molecule has 0 fully saturated rings. The summed E-state index contributed by atoms with van der Waals surface area (Å²) in [7, 11) is 1.34. The van der Waals surface area contributed by atoms with Gasteiger partial charge < -0.3 is 15.6 Å². The fraction of sp³-hybridized carbons (Fsp3) is 0.458. The van der Waals surface area contributed by atoms with Crippen LogP contribution in [-0.2, 0) is 4.74 Å². The van der Waals surface area contributed by atoms with Crippen LogP contribution in [0, 0.1) is 0 Å². The molecule has 0 bridgehead atoms. The first-order chi connectivity index (χ1) is 15.0. The summed E-state index contributed by atoms with van der Waals surface area (Å²) in [5.41, 5.74) is 10.5. The normalized spacial score (nSPS) is 19.5. The number of hydrogen-bond donors (Lipinski definition) is 2. The van der Waals surface area contributed by atoms with Crippen molar-refractivity contribution < 1.29 is 14.6 Å². The van der Waals surface area contributed by atoms with E-state index in [0.29, 0.717) is 18.7 Å². The maximum absolute atomic E-state index is 11.6. The van der Waals surface area contributed by atoms with Gasteiger partial charge in [0.15, 0.2) is 0 Å². The number of carbonyl (C=O) groups excluding carboxylic acids is 1. The lowest BCUT2D eigenvalue weighted by molar-refractivity contribution is 0.0314. The van der Waals surface area contributed by atoms with Crippen LogP contribution in [-0.4, -0.2) is 59.3 Å². The number of ether oxygens (including phenoxy) is 1. The minimum atomic E-state index is -0.659. The van der Waals surface area contributed by atoms with Crippen molar-refractivity contribution in [3.63, 3.8) is 0 Å². The van der Waals surface area contributed by atoms with Gasteiger partial charge in [0.05, 0.1) is 19.0 Å². The molecule has 2 aliphatic rings. The third-order valence-electron chi connectivity index (χ3n) is 5.56. The molecule has 1 aromatic rings. The number of aliphatic imine (C=N–C) groups is 1. The number of pyridine rings is 1. The quantitative estimate of drug-likeness (QED) is 0.491. The Morgan fingerprint density at radius 1 is 1.29 bits per heavy atom. The highest BCUT2D eigenvalue weighted by Gasteiger charge is 2.26. The Hall–Kier alpha value is -2.77. The van der Waals surface area contributed by atoms with Gasteiger partial charge in [-0.2, -0.15) is 0 Å². The molecule has 0 radical (unpaired) electrons. The van der Waals surface area contributed by atoms with Crippen LogP contribution in [0.15, 0.2) is 52.7 Å². The molecule has 0 saturated carbocycles. The Balaban J connectivity index is 1.86. The number of aromatic nitrogens is 1. The number of aliphatic hydroxyl groups excluding tert-OH is 1. The van der Waals surface area contributed by atoms with Gasteiger partial charge in [-0.25, -0.2) is 9.78 Å². The van der Waals surface area contributed by atoms with E-state index in [-0.39, 0.29) is 11.7 Å². The Morgan fingerprint density at radius 3 is 2.65 bits per heavy atom. The average molecular weight is 425 g/mol. The van der Waals surface area contributed by atoms with E-state index in [2.05, 4.69) is 29.8 Å². The lowest BCUT2D eigenvalue weighted by atomic mass is 9.89. The molecule has 3 rings (SSSR count). The van der Waals surface area contributed by atoms with E-state index in [1.807, 2.05) is 18.2 Å². The molecular weight excluding hydrogens is 392 g/mol. The number of allylic oxidation sites excluding steroid dienone is 2. The maximum Gasteiger partial charge on any atom is 0.356 e. The molecule has 2 heterocycles. The minimum Gasteiger partial charge on any atom is -0.464 e. The van der Waals surface area contributed by atoms with Crippen molar-refractivity contribution in [2.45, 2.75) is 51.8 Å². The SMILES string of the molecule is CCCN(CCC)C(O)C1=CC2=CC=C(c3ccc(C(=O)OC)nc3)CC2N=C(N)C1. The zero-order chi connectivity index (χ0) is 22.4. The first-order valence-corrected chi connectivity index (χ1v) is 10.9. The van der Waals surface area contributed by atoms with Gasteiger partial charge in [-0.3, -0.25) is 9.89 Å². The predicted octanol–water partition coefficient (Wildman–Crippen LogP) is 3.08. The van der Waals surface area contributed by atoms with E-state index < -0.39 is 12.2 Å². The van der Waals surface area contributed by atoms with Crippen LogP contribution in [0.1, 0.15) is 55.6 Å². The molecule has 166 valence electrons. The molecule has 7 heteroatoms. The summed E-state index contributed by atoms with van der Waals surface area (Å²) >= 11 is 0. The third kappa shape index (κ3) is 5.48. The smallest absolute Gasteiger partial charge is 0.356 e. The molecule has 1 aliphatic heterocycles. The number of nitrogens with two attached hydrogens (primary N) is 1. The van der Waals surface area contributed by atoms with Crippen molar-refractivity contribution in [3.8, 4) is 0 Å². The Labute approximate surface area is 184 Å². The fourth-order valence-electron chi connectivity index (χ4n) is 4.04. The number of carbonyl (C=O) groups is 1. The lowest BCUT2D eigenvalue weighted by Crippen LogP contribution is -2.38. The number of fused-ring (bicyclic) bond motifs is 1. The van der Waals surface area contributed by atoms with Crippen molar-refractivity contribution in [2.75, 3.05) is 20.2 Å². The minimum absolute atomic E-state index is 0.101. The summed E-state index contributed by atoms with van der Waals surface area (Å²) in [6, 6.07) is 3.43. The highest BCUT2D eigenvalue weighted by molar-refractivity contribution is 5.87. The summed E-state index contributed by atoms with van der Waals surface area (Å²) in [6.07, 6.45) is 10.3. The second-order valence-corrected chi connectivity index (χ2v) is 7.93. The van der Waals surface area contributed by atoms with Crippen molar-refractivity contribution in [3.05, 3.63) is 59.0 Å². The van der Waals surface area contributed by atoms with Crippen molar-refractivity contribution in [1.29, 1.82) is 0 Å². The van der Waals surface area contributed by atoms with Gasteiger partial charge in [-0.1, -0.05) is 38.1 Å². The molecule has 0 spiro atoms. The molecular formula is C24H32N4O3. The van der Waals surface area contributed by atoms with Crippen molar-refractivity contribution >= 4 is 17.4 Å². The monoisotopic (exact) mass is 424 g/mol. The number of esters is 1. The first kappa shape index (κ1) is 22.9. The van der Waals surface area contributed by atoms with Crippen LogP contribution < -0.4 is 5.73 Å². The summed E-state index contributed by atoms with van der Waals surface area (Å²) in [5.74, 6) is 0.0796. The number of aliphatic hydroxyl groups is 1. The third-order valence-corrected chi connectivity index (χ3v) is 5.56. The Morgan fingerprint density at radius 2 is 2.03 bits per heavy atom. The van der Waals surface area contributed by atoms with E-state index in [9.17, 15) is 9.90 Å². The van der Waals surface area contributed by atoms with Gasteiger partial charge in [-0.05, 0) is 47.6 Å². The van der Waals surface area contributed by atoms with E-state index in [4.69, 9.17) is 15.5 Å². The molecule has 0 aromatic carbocycles. The summed E-state index contributed by atoms with van der Waals surface area (Å²) in [5, 5.41) is 11.0. The zero-order valence-electron chi connectivity index (χ0n) is 18.5. The molecule has 1 aromatic heterocycles. The molecule has 2 atom stereocenters. The number of amidine groups is 1. The fourth-order valence-corrected chi connectivity index (χ4v) is 4.04. The molecule has 3 N–H and O–H groups in total. The summed E-state index contributed by atoms with van der Waals surface area (Å²) < 4.78 is 4.71. The van der Waals surface area contributed by atoms with Crippen LogP contribution in [0.25, 0.3) is 5.57 Å². The van der Waals surface area contributed by atoms with Gasteiger partial charge in [0, 0.05) is 25.7 Å². The van der Waals surface area contributed by atoms with E-state index in [1.54, 1.807) is 12.3 Å².